The van der Waals surface area contributed by atoms with Crippen molar-refractivity contribution in [3.8, 4) is 0 Å². The number of hydrogen-bond acceptors (Lipinski definition) is 8. The summed E-state index contributed by atoms with van der Waals surface area (Å²) in [6.45, 7) is 0. The fourth-order valence-corrected chi connectivity index (χ4v) is 1.23. The average molecular weight is 262 g/mol. The van der Waals surface area contributed by atoms with Gasteiger partial charge in [-0.05, 0) is 0 Å². The zero-order chi connectivity index (χ0) is 14.1. The highest BCUT2D eigenvalue weighted by Gasteiger charge is 2.55. The molecule has 10 nitrogen and oxygen atoms in total. The Morgan fingerprint density at radius 3 is 2.33 bits per heavy atom. The first-order valence-electron chi connectivity index (χ1n) is 4.61. The molecule has 0 amide bonds. The number of rotatable bonds is 2. The summed E-state index contributed by atoms with van der Waals surface area (Å²) >= 11 is 0. The number of nitrogens with two attached hydrogens (primary N) is 2. The molecule has 0 spiro atoms. The van der Waals surface area contributed by atoms with E-state index in [2.05, 4.69) is 9.47 Å². The standard InChI is InChI=1S/C8H10N2O8/c9-2-1-3(11)18-8(10,7(15)16)4(5(12)13)17-6(2)14/h2,4H,1,9-10H2,(H,12,13)(H,15,16). The molecular weight excluding hydrogens is 252 g/mol. The minimum absolute atomic E-state index is 0.669. The first-order chi connectivity index (χ1) is 8.18. The maximum atomic E-state index is 11.3. The van der Waals surface area contributed by atoms with Crippen LogP contribution in [0, 0.1) is 0 Å². The van der Waals surface area contributed by atoms with Crippen LogP contribution in [0.5, 0.6) is 0 Å². The highest BCUT2D eigenvalue weighted by Crippen LogP contribution is 2.19. The Hall–Kier alpha value is -2.20. The molecule has 100 valence electrons. The van der Waals surface area contributed by atoms with E-state index in [0.29, 0.717) is 0 Å². The van der Waals surface area contributed by atoms with Gasteiger partial charge in [0, 0.05) is 0 Å². The Kier molecular flexibility index (Phi) is 3.53. The first kappa shape index (κ1) is 13.9. The second kappa shape index (κ2) is 4.58. The number of aliphatic carboxylic acids is 2. The van der Waals surface area contributed by atoms with Crippen LogP contribution in [0.25, 0.3) is 0 Å². The quantitative estimate of drug-likeness (QED) is 0.374. The van der Waals surface area contributed by atoms with Gasteiger partial charge in [0.2, 0.25) is 0 Å². The molecule has 0 aliphatic carbocycles. The van der Waals surface area contributed by atoms with Crippen LogP contribution in [0.3, 0.4) is 0 Å². The Balaban J connectivity index is 3.21. The lowest BCUT2D eigenvalue weighted by atomic mass is 10.1. The normalized spacial score (nSPS) is 32.8. The minimum atomic E-state index is -3.00. The number of carbonyl (C=O) groups is 4. The van der Waals surface area contributed by atoms with Crippen molar-refractivity contribution in [2.75, 3.05) is 0 Å². The number of carbonyl (C=O) groups excluding carboxylic acids is 2. The fourth-order valence-electron chi connectivity index (χ4n) is 1.23. The van der Waals surface area contributed by atoms with Gasteiger partial charge in [0.25, 0.3) is 6.10 Å². The summed E-state index contributed by atoms with van der Waals surface area (Å²) in [6.07, 6.45) is -3.06. The van der Waals surface area contributed by atoms with Gasteiger partial charge in [-0.1, -0.05) is 0 Å². The lowest BCUT2D eigenvalue weighted by molar-refractivity contribution is -0.210. The Bertz CT molecular complexity index is 421. The molecule has 0 aromatic rings. The summed E-state index contributed by atoms with van der Waals surface area (Å²) in [7, 11) is 0. The SMILES string of the molecule is NC1CC(=O)OC(N)(C(=O)O)C(C(=O)O)OC1=O. The zero-order valence-electron chi connectivity index (χ0n) is 8.86. The van der Waals surface area contributed by atoms with Crippen molar-refractivity contribution in [1.29, 1.82) is 0 Å². The van der Waals surface area contributed by atoms with Crippen LogP contribution in [0.2, 0.25) is 0 Å². The van der Waals surface area contributed by atoms with Gasteiger partial charge in [0.15, 0.2) is 0 Å². The van der Waals surface area contributed by atoms with E-state index in [1.165, 1.54) is 0 Å². The fraction of sp³-hybridized carbons (Fsp3) is 0.500. The molecule has 1 aliphatic rings. The number of ether oxygens (including phenoxy) is 2. The number of cyclic esters (lactones) is 2. The van der Waals surface area contributed by atoms with Crippen molar-refractivity contribution in [3.63, 3.8) is 0 Å². The lowest BCUT2D eigenvalue weighted by Gasteiger charge is -2.32. The van der Waals surface area contributed by atoms with Gasteiger partial charge in [-0.3, -0.25) is 15.3 Å². The Labute approximate surface area is 99.4 Å². The summed E-state index contributed by atoms with van der Waals surface area (Å²) in [5.41, 5.74) is 7.38. The third kappa shape index (κ3) is 2.38. The topological polar surface area (TPSA) is 179 Å². The molecule has 1 heterocycles. The highest BCUT2D eigenvalue weighted by molar-refractivity contribution is 5.93. The van der Waals surface area contributed by atoms with Crippen molar-refractivity contribution >= 4 is 23.9 Å². The van der Waals surface area contributed by atoms with Crippen LogP contribution in [-0.2, 0) is 28.7 Å². The predicted molar refractivity (Wildman–Crippen MR) is 50.8 cm³/mol. The van der Waals surface area contributed by atoms with Gasteiger partial charge in [-0.25, -0.2) is 9.59 Å². The van der Waals surface area contributed by atoms with Crippen molar-refractivity contribution in [1.82, 2.24) is 0 Å². The number of hydrogen-bond donors (Lipinski definition) is 4. The van der Waals surface area contributed by atoms with Gasteiger partial charge in [-0.15, -0.1) is 0 Å². The second-order valence-corrected chi connectivity index (χ2v) is 3.54. The summed E-state index contributed by atoms with van der Waals surface area (Å²) < 4.78 is 8.68. The van der Waals surface area contributed by atoms with Crippen molar-refractivity contribution in [2.45, 2.75) is 24.3 Å². The number of carboxylic acid groups (broad SMARTS) is 2. The van der Waals surface area contributed by atoms with Gasteiger partial charge in [0.1, 0.15) is 6.04 Å². The molecule has 6 N–H and O–H groups in total. The molecule has 0 aromatic carbocycles. The zero-order valence-corrected chi connectivity index (χ0v) is 8.86. The molecule has 1 rings (SSSR count). The summed E-state index contributed by atoms with van der Waals surface area (Å²) in [5.74, 6) is -6.31. The van der Waals surface area contributed by atoms with E-state index in [0.717, 1.165) is 0 Å². The monoisotopic (exact) mass is 262 g/mol. The molecule has 3 atom stereocenters. The highest BCUT2D eigenvalue weighted by atomic mass is 16.6. The summed E-state index contributed by atoms with van der Waals surface area (Å²) in [5, 5.41) is 17.6. The lowest BCUT2D eigenvalue weighted by Crippen LogP contribution is -2.66. The van der Waals surface area contributed by atoms with E-state index < -0.39 is 48.2 Å². The van der Waals surface area contributed by atoms with E-state index in [9.17, 15) is 19.2 Å². The molecule has 0 aromatic heterocycles. The maximum Gasteiger partial charge on any atom is 0.368 e. The van der Waals surface area contributed by atoms with Crippen LogP contribution in [0.4, 0.5) is 0 Å². The van der Waals surface area contributed by atoms with E-state index in [-0.39, 0.29) is 0 Å². The minimum Gasteiger partial charge on any atom is -0.478 e. The van der Waals surface area contributed by atoms with Gasteiger partial charge >= 0.3 is 29.6 Å². The van der Waals surface area contributed by atoms with Crippen LogP contribution < -0.4 is 11.5 Å². The second-order valence-electron chi connectivity index (χ2n) is 3.54. The molecule has 0 bridgehead atoms. The molecule has 1 aliphatic heterocycles. The van der Waals surface area contributed by atoms with E-state index in [1.54, 1.807) is 0 Å². The third-order valence-electron chi connectivity index (χ3n) is 2.15. The van der Waals surface area contributed by atoms with Gasteiger partial charge in [-0.2, -0.15) is 0 Å². The predicted octanol–water partition coefficient (Wildman–Crippen LogP) is -3.00. The molecule has 0 saturated carbocycles. The Morgan fingerprint density at radius 2 is 1.89 bits per heavy atom. The molecule has 1 fully saturated rings. The van der Waals surface area contributed by atoms with Gasteiger partial charge in [0.05, 0.1) is 6.42 Å². The van der Waals surface area contributed by atoms with Gasteiger partial charge < -0.3 is 25.4 Å². The summed E-state index contributed by atoms with van der Waals surface area (Å²) in [6, 6.07) is -1.45. The van der Waals surface area contributed by atoms with Crippen molar-refractivity contribution in [2.24, 2.45) is 11.5 Å². The van der Waals surface area contributed by atoms with E-state index in [4.69, 9.17) is 21.7 Å². The molecular formula is C8H10N2O8. The first-order valence-corrected chi connectivity index (χ1v) is 4.61. The summed E-state index contributed by atoms with van der Waals surface area (Å²) in [4.78, 5) is 44.3. The van der Waals surface area contributed by atoms with Crippen LogP contribution in [0.1, 0.15) is 6.42 Å². The van der Waals surface area contributed by atoms with Crippen LogP contribution in [0.15, 0.2) is 0 Å². The molecule has 18 heavy (non-hydrogen) atoms. The number of esters is 2. The largest absolute Gasteiger partial charge is 0.478 e. The smallest absolute Gasteiger partial charge is 0.368 e. The van der Waals surface area contributed by atoms with E-state index >= 15 is 0 Å². The maximum absolute atomic E-state index is 11.3. The van der Waals surface area contributed by atoms with E-state index in [1.807, 2.05) is 0 Å². The molecule has 10 heteroatoms. The molecule has 3 unspecified atom stereocenters. The van der Waals surface area contributed by atoms with Crippen molar-refractivity contribution < 1.29 is 38.9 Å². The molecule has 1 saturated heterocycles. The Morgan fingerprint density at radius 1 is 1.33 bits per heavy atom. The van der Waals surface area contributed by atoms with Crippen LogP contribution in [-0.4, -0.2) is 52.0 Å². The third-order valence-corrected chi connectivity index (χ3v) is 2.15. The van der Waals surface area contributed by atoms with Crippen molar-refractivity contribution in [3.05, 3.63) is 0 Å². The average Bonchev–Trinajstić information content (AvgIpc) is 2.22. The van der Waals surface area contributed by atoms with Crippen LogP contribution >= 0.6 is 0 Å². The molecule has 0 radical (unpaired) electrons. The number of carboxylic acids is 2.